The second kappa shape index (κ2) is 8.79. The maximum atomic E-state index is 13.6. The number of hydrogen-bond donors (Lipinski definition) is 2. The maximum Gasteiger partial charge on any atom is 0.268 e. The van der Waals surface area contributed by atoms with Gasteiger partial charge in [0.05, 0.1) is 10.7 Å². The molecule has 2 amide bonds. The zero-order valence-corrected chi connectivity index (χ0v) is 19.5. The summed E-state index contributed by atoms with van der Waals surface area (Å²) in [5, 5.41) is 12.1. The molecule has 0 bridgehead atoms. The fraction of sp³-hybridized carbons (Fsp3) is 0.391. The van der Waals surface area contributed by atoms with Crippen molar-refractivity contribution in [1.29, 1.82) is 0 Å². The van der Waals surface area contributed by atoms with Crippen LogP contribution in [-0.2, 0) is 10.4 Å². The average Bonchev–Trinajstić information content (AvgIpc) is 2.90. The Morgan fingerprint density at radius 1 is 1.13 bits per heavy atom. The van der Waals surface area contributed by atoms with Crippen LogP contribution in [0, 0.1) is 0 Å². The molecule has 3 N–H and O–H groups in total. The van der Waals surface area contributed by atoms with Gasteiger partial charge in [-0.05, 0) is 45.9 Å². The summed E-state index contributed by atoms with van der Waals surface area (Å²) in [6.07, 6.45) is 0. The number of nitrogens with zero attached hydrogens (tertiary/aromatic N) is 2. The molecule has 2 aromatic carbocycles. The highest BCUT2D eigenvalue weighted by molar-refractivity contribution is 6.35. The first-order valence-corrected chi connectivity index (χ1v) is 10.9. The highest BCUT2D eigenvalue weighted by atomic mass is 35.5. The van der Waals surface area contributed by atoms with Crippen LogP contribution in [0.25, 0.3) is 0 Å². The molecule has 1 atom stereocenters. The Labute approximate surface area is 192 Å². The first kappa shape index (κ1) is 23.5. The van der Waals surface area contributed by atoms with Gasteiger partial charge in [0.2, 0.25) is 5.91 Å². The normalized spacial score (nSPS) is 18.4. The Morgan fingerprint density at radius 2 is 1.74 bits per heavy atom. The Kier molecular flexibility index (Phi) is 6.67. The monoisotopic (exact) mass is 463 g/mol. The van der Waals surface area contributed by atoms with E-state index in [1.54, 1.807) is 24.3 Å². The smallest absolute Gasteiger partial charge is 0.268 e. The van der Waals surface area contributed by atoms with Crippen molar-refractivity contribution in [3.8, 4) is 0 Å². The van der Waals surface area contributed by atoms with E-state index < -0.39 is 17.4 Å². The molecule has 0 saturated heterocycles. The van der Waals surface area contributed by atoms with Crippen LogP contribution in [0.3, 0.4) is 0 Å². The van der Waals surface area contributed by atoms with Crippen LogP contribution in [0.15, 0.2) is 36.4 Å². The minimum Gasteiger partial charge on any atom is -0.372 e. The Hall–Kier alpha value is -2.12. The first-order chi connectivity index (χ1) is 14.5. The van der Waals surface area contributed by atoms with E-state index in [2.05, 4.69) is 32.6 Å². The fourth-order valence-electron chi connectivity index (χ4n) is 4.27. The summed E-state index contributed by atoms with van der Waals surface area (Å²) in [6.45, 7) is 9.21. The molecular weight excluding hydrogens is 437 g/mol. The molecule has 166 valence electrons. The van der Waals surface area contributed by atoms with Crippen molar-refractivity contribution in [2.24, 2.45) is 5.73 Å². The Balaban J connectivity index is 2.16. The Bertz CT molecular complexity index is 1020. The SMILES string of the molecule is CC(C)N(CCN1C(=O)C(O)(c2ccccc2Cl)c2c(Cl)cc(C(N)=O)cc21)C(C)C. The topological polar surface area (TPSA) is 86.9 Å². The lowest BCUT2D eigenvalue weighted by Gasteiger charge is -2.32. The van der Waals surface area contributed by atoms with E-state index in [9.17, 15) is 14.7 Å². The lowest BCUT2D eigenvalue weighted by Crippen LogP contribution is -2.46. The molecule has 0 spiro atoms. The number of anilines is 1. The molecule has 1 unspecified atom stereocenters. The molecule has 0 fully saturated rings. The van der Waals surface area contributed by atoms with E-state index in [0.29, 0.717) is 18.8 Å². The molecule has 0 aliphatic carbocycles. The number of halogens is 2. The van der Waals surface area contributed by atoms with Crippen molar-refractivity contribution in [2.75, 3.05) is 18.0 Å². The van der Waals surface area contributed by atoms with Gasteiger partial charge in [-0.15, -0.1) is 0 Å². The number of aliphatic hydroxyl groups is 1. The molecule has 1 aliphatic heterocycles. The molecule has 0 aromatic heterocycles. The molecule has 31 heavy (non-hydrogen) atoms. The van der Waals surface area contributed by atoms with Gasteiger partial charge in [-0.3, -0.25) is 14.5 Å². The van der Waals surface area contributed by atoms with Crippen molar-refractivity contribution < 1.29 is 14.7 Å². The van der Waals surface area contributed by atoms with Gasteiger partial charge in [-0.2, -0.15) is 0 Å². The van der Waals surface area contributed by atoms with E-state index in [1.165, 1.54) is 17.0 Å². The van der Waals surface area contributed by atoms with Gasteiger partial charge < -0.3 is 15.7 Å². The molecule has 0 radical (unpaired) electrons. The zero-order valence-electron chi connectivity index (χ0n) is 18.0. The van der Waals surface area contributed by atoms with Crippen molar-refractivity contribution in [2.45, 2.75) is 45.4 Å². The van der Waals surface area contributed by atoms with Gasteiger partial charge >= 0.3 is 0 Å². The number of hydrogen-bond acceptors (Lipinski definition) is 4. The minimum atomic E-state index is -2.07. The Morgan fingerprint density at radius 3 is 2.29 bits per heavy atom. The summed E-state index contributed by atoms with van der Waals surface area (Å²) in [6, 6.07) is 10.0. The number of benzene rings is 2. The van der Waals surface area contributed by atoms with E-state index in [1.807, 2.05) is 0 Å². The second-order valence-corrected chi connectivity index (χ2v) is 9.10. The van der Waals surface area contributed by atoms with Crippen molar-refractivity contribution in [3.63, 3.8) is 0 Å². The van der Waals surface area contributed by atoms with Crippen LogP contribution in [-0.4, -0.2) is 47.0 Å². The maximum absolute atomic E-state index is 13.6. The lowest BCUT2D eigenvalue weighted by molar-refractivity contribution is -0.132. The highest BCUT2D eigenvalue weighted by Gasteiger charge is 2.53. The van der Waals surface area contributed by atoms with Crippen LogP contribution >= 0.6 is 23.2 Å². The largest absolute Gasteiger partial charge is 0.372 e. The van der Waals surface area contributed by atoms with Crippen LogP contribution in [0.1, 0.15) is 49.2 Å². The molecular formula is C23H27Cl2N3O3. The van der Waals surface area contributed by atoms with Crippen LogP contribution in [0.4, 0.5) is 5.69 Å². The quantitative estimate of drug-likeness (QED) is 0.653. The number of rotatable bonds is 7. The number of nitrogens with two attached hydrogens (primary N) is 1. The van der Waals surface area contributed by atoms with E-state index in [-0.39, 0.29) is 38.8 Å². The lowest BCUT2D eigenvalue weighted by atomic mass is 9.87. The second-order valence-electron chi connectivity index (χ2n) is 8.29. The molecule has 2 aromatic rings. The number of primary amides is 1. The van der Waals surface area contributed by atoms with E-state index in [4.69, 9.17) is 28.9 Å². The van der Waals surface area contributed by atoms with Gasteiger partial charge in [0, 0.05) is 46.9 Å². The number of carbonyl (C=O) groups is 2. The minimum absolute atomic E-state index is 0.0779. The molecule has 8 heteroatoms. The van der Waals surface area contributed by atoms with Gasteiger partial charge in [-0.25, -0.2) is 0 Å². The third kappa shape index (κ3) is 4.05. The van der Waals surface area contributed by atoms with Gasteiger partial charge in [0.15, 0.2) is 5.60 Å². The summed E-state index contributed by atoms with van der Waals surface area (Å²) in [4.78, 5) is 29.2. The summed E-state index contributed by atoms with van der Waals surface area (Å²) in [5.41, 5.74) is 4.37. The molecule has 6 nitrogen and oxygen atoms in total. The molecule has 1 heterocycles. The summed E-state index contributed by atoms with van der Waals surface area (Å²) in [7, 11) is 0. The third-order valence-electron chi connectivity index (χ3n) is 5.73. The molecule has 1 aliphatic rings. The predicted octanol–water partition coefficient (Wildman–Crippen LogP) is 3.79. The number of fused-ring (bicyclic) bond motifs is 1. The van der Waals surface area contributed by atoms with Gasteiger partial charge in [-0.1, -0.05) is 41.4 Å². The number of amides is 2. The molecule has 0 saturated carbocycles. The van der Waals surface area contributed by atoms with E-state index in [0.717, 1.165) is 0 Å². The summed E-state index contributed by atoms with van der Waals surface area (Å²) in [5.74, 6) is -1.23. The van der Waals surface area contributed by atoms with Gasteiger partial charge in [0.25, 0.3) is 5.91 Å². The highest BCUT2D eigenvalue weighted by Crippen LogP contribution is 2.49. The summed E-state index contributed by atoms with van der Waals surface area (Å²) >= 11 is 12.9. The number of carbonyl (C=O) groups excluding carboxylic acids is 2. The first-order valence-electron chi connectivity index (χ1n) is 10.2. The zero-order chi connectivity index (χ0) is 23.1. The van der Waals surface area contributed by atoms with Crippen molar-refractivity contribution >= 4 is 40.7 Å². The van der Waals surface area contributed by atoms with Crippen molar-refractivity contribution in [1.82, 2.24) is 4.90 Å². The average molecular weight is 464 g/mol. The van der Waals surface area contributed by atoms with Crippen LogP contribution in [0.2, 0.25) is 10.0 Å². The predicted molar refractivity (Wildman–Crippen MR) is 124 cm³/mol. The van der Waals surface area contributed by atoms with Crippen LogP contribution < -0.4 is 10.6 Å². The fourth-order valence-corrected chi connectivity index (χ4v) is 4.90. The standard InChI is InChI=1S/C23H27Cl2N3O3/c1-13(2)27(14(3)4)9-10-28-19-12-15(21(26)29)11-18(25)20(19)23(31,22(28)30)16-7-5-6-8-17(16)24/h5-8,11-14,31H,9-10H2,1-4H3,(H2,26,29). The summed E-state index contributed by atoms with van der Waals surface area (Å²) < 4.78 is 0. The van der Waals surface area contributed by atoms with Crippen molar-refractivity contribution in [3.05, 3.63) is 63.1 Å². The third-order valence-corrected chi connectivity index (χ3v) is 6.36. The van der Waals surface area contributed by atoms with E-state index >= 15 is 0 Å². The van der Waals surface area contributed by atoms with Gasteiger partial charge in [0.1, 0.15) is 0 Å². The molecule has 3 rings (SSSR count). The van der Waals surface area contributed by atoms with Crippen LogP contribution in [0.5, 0.6) is 0 Å².